The fourth-order valence-electron chi connectivity index (χ4n) is 6.42. The maximum atomic E-state index is 16.3. The van der Waals surface area contributed by atoms with Crippen LogP contribution < -0.4 is 0 Å². The Kier molecular flexibility index (Phi) is 14.8. The summed E-state index contributed by atoms with van der Waals surface area (Å²) in [4.78, 5) is 12.0. The van der Waals surface area contributed by atoms with Crippen LogP contribution in [-0.4, -0.2) is 59.3 Å². The Labute approximate surface area is 278 Å². The van der Waals surface area contributed by atoms with E-state index in [0.717, 1.165) is 19.3 Å². The number of halogens is 1. The van der Waals surface area contributed by atoms with Crippen molar-refractivity contribution in [1.29, 1.82) is 0 Å². The van der Waals surface area contributed by atoms with Crippen LogP contribution in [0.25, 0.3) is 0 Å². The Hall–Kier alpha value is -0.806. The molecule has 5 nitrogen and oxygen atoms in total. The zero-order chi connectivity index (χ0) is 34.4. The van der Waals surface area contributed by atoms with Gasteiger partial charge in [-0.2, -0.15) is 0 Å². The third kappa shape index (κ3) is 11.4. The summed E-state index contributed by atoms with van der Waals surface area (Å²) in [6, 6.07) is 0. The van der Waals surface area contributed by atoms with E-state index in [1.165, 1.54) is 26.4 Å². The van der Waals surface area contributed by atoms with Gasteiger partial charge >= 0.3 is 5.97 Å². The van der Waals surface area contributed by atoms with Crippen molar-refractivity contribution < 1.29 is 27.9 Å². The van der Waals surface area contributed by atoms with Crippen LogP contribution >= 0.6 is 0 Å². The van der Waals surface area contributed by atoms with Crippen LogP contribution in [-0.2, 0) is 18.4 Å². The molecule has 0 aromatic heterocycles. The highest BCUT2D eigenvalue weighted by molar-refractivity contribution is 6.74. The van der Waals surface area contributed by atoms with Gasteiger partial charge in [0, 0.05) is 11.8 Å². The van der Waals surface area contributed by atoms with Crippen LogP contribution in [0.3, 0.4) is 0 Å². The lowest BCUT2D eigenvalue weighted by atomic mass is 9.87. The third-order valence-corrected chi connectivity index (χ3v) is 20.5. The molecular weight excluding hydrogens is 600 g/mol. The summed E-state index contributed by atoms with van der Waals surface area (Å²) in [5, 5.41) is 11.5. The molecule has 1 N–H and O–H groups in total. The number of hydrogen-bond donors (Lipinski definition) is 1. The number of carbonyl (C=O) groups excluding carboxylic acids is 1. The molecule has 2 rings (SSSR count). The van der Waals surface area contributed by atoms with E-state index in [4.69, 9.17) is 13.6 Å². The molecule has 0 spiro atoms. The first kappa shape index (κ1) is 40.4. The van der Waals surface area contributed by atoms with E-state index in [-0.39, 0.29) is 46.0 Å². The van der Waals surface area contributed by atoms with Gasteiger partial charge in [-0.15, -0.1) is 0 Å². The van der Waals surface area contributed by atoms with Crippen LogP contribution in [0.15, 0.2) is 24.3 Å². The van der Waals surface area contributed by atoms with Gasteiger partial charge in [0.1, 0.15) is 6.17 Å². The molecule has 0 aliphatic heterocycles. The Morgan fingerprint density at radius 3 is 2.16 bits per heavy atom. The molecule has 45 heavy (non-hydrogen) atoms. The smallest absolute Gasteiger partial charge is 0.308 e. The molecule has 0 aromatic carbocycles. The van der Waals surface area contributed by atoms with Gasteiger partial charge in [0.05, 0.1) is 31.3 Å². The molecule has 0 radical (unpaired) electrons. The molecule has 262 valence electrons. The molecule has 8 heteroatoms. The molecule has 0 heterocycles. The molecule has 0 saturated heterocycles. The monoisotopic (exact) mass is 668 g/mol. The number of carbonyl (C=O) groups is 1. The first-order valence-corrected chi connectivity index (χ1v) is 23.6. The van der Waals surface area contributed by atoms with Crippen LogP contribution in [0.2, 0.25) is 36.3 Å². The lowest BCUT2D eigenvalue weighted by Gasteiger charge is -2.40. The number of aliphatic hydroxyl groups is 1. The predicted molar refractivity (Wildman–Crippen MR) is 191 cm³/mol. The van der Waals surface area contributed by atoms with Crippen molar-refractivity contribution in [1.82, 2.24) is 0 Å². The van der Waals surface area contributed by atoms with E-state index in [1.807, 2.05) is 6.08 Å². The molecule has 2 aliphatic rings. The number of ether oxygens (including phenoxy) is 1. The Balaban J connectivity index is 2.41. The lowest BCUT2D eigenvalue weighted by molar-refractivity contribution is -0.145. The average molecular weight is 669 g/mol. The fourth-order valence-corrected chi connectivity index (χ4v) is 9.07. The van der Waals surface area contributed by atoms with Gasteiger partial charge in [0.25, 0.3) is 0 Å². The summed E-state index contributed by atoms with van der Waals surface area (Å²) in [5.41, 5.74) is 0. The van der Waals surface area contributed by atoms with Crippen molar-refractivity contribution in [2.24, 2.45) is 29.6 Å². The van der Waals surface area contributed by atoms with Crippen molar-refractivity contribution in [3.05, 3.63) is 24.3 Å². The normalized spacial score (nSPS) is 29.0. The van der Waals surface area contributed by atoms with Crippen LogP contribution in [0.4, 0.5) is 4.39 Å². The van der Waals surface area contributed by atoms with Gasteiger partial charge < -0.3 is 18.7 Å². The quantitative estimate of drug-likeness (QED) is 0.107. The highest BCUT2D eigenvalue weighted by Gasteiger charge is 2.49. The summed E-state index contributed by atoms with van der Waals surface area (Å²) < 4.78 is 35.1. The Bertz CT molecular complexity index is 982. The second-order valence-electron chi connectivity index (χ2n) is 17.3. The first-order chi connectivity index (χ1) is 20.6. The lowest BCUT2D eigenvalue weighted by Crippen LogP contribution is -2.45. The summed E-state index contributed by atoms with van der Waals surface area (Å²) in [5.74, 6) is -0.497. The standard InChI is InChI=1S/C37H69FO5Si2/c1-14-15-16-26(2)23-29(42-44(10,11)36(3,4)5)20-21-30-33(43-45(12,13)37(6,7)8)25-32(39)34(30)31(38)22-18-27-17-19-28(24-27)35(40)41-9/h18,20-22,26-34,39H,14-17,19,23-25H2,1-13H3/b21-20+,22-18-/t26-,27+,28-,29+,30-,31-,32-,33+,34-/m0/s1. The van der Waals surface area contributed by atoms with Crippen molar-refractivity contribution in [3.63, 3.8) is 0 Å². The number of esters is 1. The maximum absolute atomic E-state index is 16.3. The summed E-state index contributed by atoms with van der Waals surface area (Å²) in [7, 11) is -2.82. The topological polar surface area (TPSA) is 65.0 Å². The Morgan fingerprint density at radius 1 is 0.978 bits per heavy atom. The number of unbranched alkanes of at least 4 members (excludes halogenated alkanes) is 1. The summed E-state index contributed by atoms with van der Waals surface area (Å²) in [6.07, 6.45) is 12.7. The average Bonchev–Trinajstić information content (AvgIpc) is 3.51. The van der Waals surface area contributed by atoms with E-state index in [2.05, 4.69) is 93.7 Å². The van der Waals surface area contributed by atoms with Gasteiger partial charge in [0.2, 0.25) is 0 Å². The van der Waals surface area contributed by atoms with Crippen LogP contribution in [0.5, 0.6) is 0 Å². The fraction of sp³-hybridized carbons (Fsp3) is 0.865. The van der Waals surface area contributed by atoms with E-state index in [1.54, 1.807) is 6.08 Å². The van der Waals surface area contributed by atoms with Gasteiger partial charge in [-0.1, -0.05) is 99.0 Å². The molecule has 2 aliphatic carbocycles. The SMILES string of the molecule is CCCC[C@H](C)C[C@@H](/C=C/[C@@H]1[C@@H]([C@@H](F)/C=C\[C@H]2CC[C@H](C(=O)OC)C2)[C@@H](O)C[C@H]1O[Si](C)(C)C(C)(C)C)O[Si](C)(C)C(C)(C)C. The van der Waals surface area contributed by atoms with Crippen molar-refractivity contribution in [3.8, 4) is 0 Å². The largest absolute Gasteiger partial charge is 0.469 e. The summed E-state index contributed by atoms with van der Waals surface area (Å²) >= 11 is 0. The minimum atomic E-state index is -2.18. The van der Waals surface area contributed by atoms with Crippen molar-refractivity contribution in [2.75, 3.05) is 7.11 Å². The van der Waals surface area contributed by atoms with Gasteiger partial charge in [-0.05, 0) is 80.2 Å². The highest BCUT2D eigenvalue weighted by atomic mass is 28.4. The second-order valence-corrected chi connectivity index (χ2v) is 26.8. The number of rotatable bonds is 15. The van der Waals surface area contributed by atoms with E-state index >= 15 is 4.39 Å². The minimum Gasteiger partial charge on any atom is -0.469 e. The first-order valence-electron chi connectivity index (χ1n) is 17.8. The van der Waals surface area contributed by atoms with Crippen molar-refractivity contribution in [2.45, 2.75) is 168 Å². The molecule has 0 amide bonds. The van der Waals surface area contributed by atoms with Crippen LogP contribution in [0, 0.1) is 29.6 Å². The number of allylic oxidation sites excluding steroid dienone is 2. The molecule has 2 saturated carbocycles. The Morgan fingerprint density at radius 2 is 1.60 bits per heavy atom. The highest BCUT2D eigenvalue weighted by Crippen LogP contribution is 2.45. The molecule has 0 unspecified atom stereocenters. The molecule has 0 bridgehead atoms. The van der Waals surface area contributed by atoms with E-state index in [0.29, 0.717) is 18.8 Å². The molecule has 2 fully saturated rings. The second kappa shape index (κ2) is 16.5. The van der Waals surface area contributed by atoms with Gasteiger partial charge in [-0.3, -0.25) is 4.79 Å². The maximum Gasteiger partial charge on any atom is 0.308 e. The predicted octanol–water partition coefficient (Wildman–Crippen LogP) is 10.0. The van der Waals surface area contributed by atoms with Gasteiger partial charge in [0.15, 0.2) is 16.6 Å². The summed E-state index contributed by atoms with van der Waals surface area (Å²) in [6.45, 7) is 27.1. The third-order valence-electron chi connectivity index (χ3n) is 11.5. The number of alkyl halides is 1. The number of methoxy groups -OCH3 is 1. The van der Waals surface area contributed by atoms with E-state index < -0.39 is 34.8 Å². The van der Waals surface area contributed by atoms with E-state index in [9.17, 15) is 9.90 Å². The molecule has 0 aromatic rings. The van der Waals surface area contributed by atoms with Crippen LogP contribution in [0.1, 0.15) is 107 Å². The molecular formula is C37H69FO5Si2. The minimum absolute atomic E-state index is 0.000658. The zero-order valence-electron chi connectivity index (χ0n) is 31.1. The van der Waals surface area contributed by atoms with Crippen molar-refractivity contribution >= 4 is 22.6 Å². The van der Waals surface area contributed by atoms with Gasteiger partial charge in [-0.25, -0.2) is 4.39 Å². The number of aliphatic hydroxyl groups excluding tert-OH is 1. The number of hydrogen-bond acceptors (Lipinski definition) is 5. The zero-order valence-corrected chi connectivity index (χ0v) is 33.1. The molecule has 9 atom stereocenters.